The van der Waals surface area contributed by atoms with Crippen LogP contribution in [-0.4, -0.2) is 22.1 Å². The zero-order valence-corrected chi connectivity index (χ0v) is 14.6. The molecule has 0 spiro atoms. The molecular formula is C22H22N2O2. The summed E-state index contributed by atoms with van der Waals surface area (Å²) in [5, 5.41) is 13.8. The number of fused-ring (bicyclic) bond motifs is 1. The Bertz CT molecular complexity index is 932. The number of nitrogens with zero attached hydrogens (tertiary/aromatic N) is 1. The summed E-state index contributed by atoms with van der Waals surface area (Å²) in [7, 11) is 0. The zero-order valence-electron chi connectivity index (χ0n) is 14.6. The summed E-state index contributed by atoms with van der Waals surface area (Å²) in [5.41, 5.74) is 4.07. The van der Waals surface area contributed by atoms with Gasteiger partial charge < -0.3 is 10.4 Å². The Morgan fingerprint density at radius 1 is 1.00 bits per heavy atom. The van der Waals surface area contributed by atoms with Crippen LogP contribution in [0.5, 0.6) is 0 Å². The lowest BCUT2D eigenvalue weighted by Gasteiger charge is -2.25. The highest BCUT2D eigenvalue weighted by Gasteiger charge is 2.17. The maximum atomic E-state index is 11.3. The molecule has 0 unspecified atom stereocenters. The highest BCUT2D eigenvalue weighted by Crippen LogP contribution is 2.32. The Labute approximate surface area is 152 Å². The van der Waals surface area contributed by atoms with Gasteiger partial charge in [0.05, 0.1) is 22.5 Å². The first-order chi connectivity index (χ1) is 12.7. The van der Waals surface area contributed by atoms with Gasteiger partial charge in [0.25, 0.3) is 0 Å². The number of aromatic nitrogens is 1. The van der Waals surface area contributed by atoms with Crippen LogP contribution in [0.1, 0.15) is 42.5 Å². The van der Waals surface area contributed by atoms with Crippen molar-refractivity contribution in [3.8, 4) is 11.3 Å². The van der Waals surface area contributed by atoms with Crippen molar-refractivity contribution in [3.63, 3.8) is 0 Å². The van der Waals surface area contributed by atoms with E-state index < -0.39 is 5.97 Å². The third-order valence-corrected chi connectivity index (χ3v) is 5.07. The molecule has 26 heavy (non-hydrogen) atoms. The van der Waals surface area contributed by atoms with E-state index in [9.17, 15) is 9.90 Å². The van der Waals surface area contributed by atoms with Crippen LogP contribution in [0.4, 0.5) is 5.69 Å². The second-order valence-electron chi connectivity index (χ2n) is 6.94. The molecule has 0 saturated heterocycles. The van der Waals surface area contributed by atoms with E-state index >= 15 is 0 Å². The molecule has 132 valence electrons. The van der Waals surface area contributed by atoms with Gasteiger partial charge >= 0.3 is 5.97 Å². The number of aromatic carboxylic acids is 1. The Balaban J connectivity index is 1.82. The van der Waals surface area contributed by atoms with Gasteiger partial charge in [0, 0.05) is 17.0 Å². The average Bonchev–Trinajstić information content (AvgIpc) is 2.68. The number of pyridine rings is 1. The van der Waals surface area contributed by atoms with Crippen LogP contribution in [0.15, 0.2) is 54.6 Å². The third kappa shape index (κ3) is 3.40. The van der Waals surface area contributed by atoms with Crippen molar-refractivity contribution >= 4 is 22.6 Å². The molecule has 4 nitrogen and oxygen atoms in total. The van der Waals surface area contributed by atoms with Crippen LogP contribution in [0.3, 0.4) is 0 Å². The molecule has 0 radical (unpaired) electrons. The molecule has 1 fully saturated rings. The summed E-state index contributed by atoms with van der Waals surface area (Å²) >= 11 is 0. The molecular weight excluding hydrogens is 324 g/mol. The third-order valence-electron chi connectivity index (χ3n) is 5.07. The number of anilines is 1. The summed E-state index contributed by atoms with van der Waals surface area (Å²) in [4.78, 5) is 16.2. The summed E-state index contributed by atoms with van der Waals surface area (Å²) in [5.74, 6) is -0.916. The molecule has 4 heteroatoms. The van der Waals surface area contributed by atoms with Crippen LogP contribution in [0, 0.1) is 0 Å². The van der Waals surface area contributed by atoms with Gasteiger partial charge in [-0.1, -0.05) is 49.6 Å². The topological polar surface area (TPSA) is 62.2 Å². The second-order valence-corrected chi connectivity index (χ2v) is 6.94. The Morgan fingerprint density at radius 2 is 1.77 bits per heavy atom. The number of carboxylic acids is 1. The van der Waals surface area contributed by atoms with Crippen molar-refractivity contribution in [2.75, 3.05) is 5.32 Å². The van der Waals surface area contributed by atoms with Crippen molar-refractivity contribution in [3.05, 3.63) is 60.2 Å². The van der Waals surface area contributed by atoms with Crippen LogP contribution >= 0.6 is 0 Å². The minimum atomic E-state index is -0.916. The lowest BCUT2D eigenvalue weighted by Crippen LogP contribution is -2.22. The number of hydrogen-bond acceptors (Lipinski definition) is 3. The van der Waals surface area contributed by atoms with Crippen molar-refractivity contribution in [1.82, 2.24) is 4.98 Å². The van der Waals surface area contributed by atoms with E-state index in [1.165, 1.54) is 32.1 Å². The fourth-order valence-corrected chi connectivity index (χ4v) is 3.70. The lowest BCUT2D eigenvalue weighted by atomic mass is 9.95. The molecule has 3 aromatic rings. The molecule has 0 bridgehead atoms. The highest BCUT2D eigenvalue weighted by atomic mass is 16.4. The van der Waals surface area contributed by atoms with E-state index in [2.05, 4.69) is 17.4 Å². The molecule has 2 N–H and O–H groups in total. The monoisotopic (exact) mass is 346 g/mol. The maximum Gasteiger partial charge on any atom is 0.335 e. The minimum Gasteiger partial charge on any atom is -0.478 e. The normalized spacial score (nSPS) is 15.1. The number of rotatable bonds is 4. The fourth-order valence-electron chi connectivity index (χ4n) is 3.70. The fraction of sp³-hybridized carbons (Fsp3) is 0.273. The molecule has 1 heterocycles. The van der Waals surface area contributed by atoms with Gasteiger partial charge in [0.15, 0.2) is 0 Å². The molecule has 1 aromatic heterocycles. The maximum absolute atomic E-state index is 11.3. The van der Waals surface area contributed by atoms with Gasteiger partial charge in [0.1, 0.15) is 0 Å². The molecule has 1 saturated carbocycles. The largest absolute Gasteiger partial charge is 0.478 e. The average molecular weight is 346 g/mol. The van der Waals surface area contributed by atoms with Gasteiger partial charge in [-0.2, -0.15) is 0 Å². The van der Waals surface area contributed by atoms with Crippen LogP contribution in [-0.2, 0) is 0 Å². The molecule has 1 aliphatic rings. The Hall–Kier alpha value is -2.88. The highest BCUT2D eigenvalue weighted by molar-refractivity contribution is 5.96. The van der Waals surface area contributed by atoms with Crippen molar-refractivity contribution in [2.45, 2.75) is 38.1 Å². The zero-order chi connectivity index (χ0) is 17.9. The van der Waals surface area contributed by atoms with Crippen LogP contribution in [0.2, 0.25) is 0 Å². The number of hydrogen-bond donors (Lipinski definition) is 2. The van der Waals surface area contributed by atoms with Gasteiger partial charge in [-0.15, -0.1) is 0 Å². The first-order valence-electron chi connectivity index (χ1n) is 9.21. The van der Waals surface area contributed by atoms with E-state index in [0.29, 0.717) is 6.04 Å². The van der Waals surface area contributed by atoms with Gasteiger partial charge in [0.2, 0.25) is 0 Å². The van der Waals surface area contributed by atoms with Crippen LogP contribution < -0.4 is 5.32 Å². The Kier molecular flexibility index (Phi) is 4.57. The standard InChI is InChI=1S/C22H22N2O2/c25-22(26)16-11-12-19-17(13-16)14-20(23-18-9-5-2-6-10-18)21(24-19)15-7-3-1-4-8-15/h1,3-4,7-8,11-14,18,23H,2,5-6,9-10H2,(H,25,26). The van der Waals surface area contributed by atoms with Gasteiger partial charge in [-0.3, -0.25) is 0 Å². The summed E-state index contributed by atoms with van der Waals surface area (Å²) in [6.45, 7) is 0. The van der Waals surface area contributed by atoms with Crippen molar-refractivity contribution in [2.24, 2.45) is 0 Å². The van der Waals surface area contributed by atoms with E-state index in [0.717, 1.165) is 27.8 Å². The van der Waals surface area contributed by atoms with Gasteiger partial charge in [-0.25, -0.2) is 9.78 Å². The quantitative estimate of drug-likeness (QED) is 0.669. The van der Waals surface area contributed by atoms with Crippen molar-refractivity contribution < 1.29 is 9.90 Å². The summed E-state index contributed by atoms with van der Waals surface area (Å²) in [6, 6.07) is 17.7. The van der Waals surface area contributed by atoms with Gasteiger partial charge in [-0.05, 0) is 37.1 Å². The number of carbonyl (C=O) groups is 1. The molecule has 0 atom stereocenters. The molecule has 0 amide bonds. The first kappa shape index (κ1) is 16.6. The predicted octanol–water partition coefficient (Wildman–Crippen LogP) is 5.34. The Morgan fingerprint density at radius 3 is 2.50 bits per heavy atom. The van der Waals surface area contributed by atoms with E-state index in [1.54, 1.807) is 18.2 Å². The van der Waals surface area contributed by atoms with Crippen LogP contribution in [0.25, 0.3) is 22.2 Å². The SMILES string of the molecule is O=C(O)c1ccc2nc(-c3ccccc3)c(NC3CCCCC3)cc2c1. The summed E-state index contributed by atoms with van der Waals surface area (Å²) < 4.78 is 0. The molecule has 2 aromatic carbocycles. The van der Waals surface area contributed by atoms with E-state index in [1.807, 2.05) is 24.3 Å². The number of benzene rings is 2. The molecule has 4 rings (SSSR count). The lowest BCUT2D eigenvalue weighted by molar-refractivity contribution is 0.0697. The minimum absolute atomic E-state index is 0.287. The number of carboxylic acid groups (broad SMARTS) is 1. The van der Waals surface area contributed by atoms with E-state index in [4.69, 9.17) is 4.98 Å². The second kappa shape index (κ2) is 7.16. The van der Waals surface area contributed by atoms with E-state index in [-0.39, 0.29) is 5.56 Å². The summed E-state index contributed by atoms with van der Waals surface area (Å²) in [6.07, 6.45) is 6.15. The van der Waals surface area contributed by atoms with Crippen molar-refractivity contribution in [1.29, 1.82) is 0 Å². The first-order valence-corrected chi connectivity index (χ1v) is 9.21. The smallest absolute Gasteiger partial charge is 0.335 e. The predicted molar refractivity (Wildman–Crippen MR) is 105 cm³/mol. The number of nitrogens with one attached hydrogen (secondary N) is 1. The molecule has 0 aliphatic heterocycles. The molecule has 1 aliphatic carbocycles.